The molecule has 2 heterocycles. The molecule has 0 radical (unpaired) electrons. The molecule has 2 aliphatic heterocycles. The number of hydrogen-bond donors (Lipinski definition) is 2. The average Bonchev–Trinajstić information content (AvgIpc) is 2.68. The molecular formula is C13H27N3O2. The molecule has 0 aromatic heterocycles. The van der Waals surface area contributed by atoms with Crippen molar-refractivity contribution >= 4 is 0 Å². The fourth-order valence-corrected chi connectivity index (χ4v) is 2.62. The number of nitrogens with one attached hydrogen (secondary N) is 1. The molecule has 18 heavy (non-hydrogen) atoms. The van der Waals surface area contributed by atoms with Crippen LogP contribution in [0.5, 0.6) is 0 Å². The molecule has 2 saturated heterocycles. The molecule has 106 valence electrons. The molecular weight excluding hydrogens is 230 g/mol. The fourth-order valence-electron chi connectivity index (χ4n) is 2.62. The van der Waals surface area contributed by atoms with E-state index in [1.807, 2.05) is 6.92 Å². The summed E-state index contributed by atoms with van der Waals surface area (Å²) in [7, 11) is 2.17. The summed E-state index contributed by atoms with van der Waals surface area (Å²) in [5, 5.41) is 13.7. The van der Waals surface area contributed by atoms with Crippen molar-refractivity contribution in [3.05, 3.63) is 0 Å². The van der Waals surface area contributed by atoms with Crippen molar-refractivity contribution in [2.75, 3.05) is 59.5 Å². The molecule has 0 aromatic carbocycles. The van der Waals surface area contributed by atoms with Crippen LogP contribution in [0, 0.1) is 0 Å². The zero-order valence-corrected chi connectivity index (χ0v) is 11.7. The van der Waals surface area contributed by atoms with Crippen molar-refractivity contribution in [1.29, 1.82) is 0 Å². The second-order valence-electron chi connectivity index (χ2n) is 5.69. The summed E-state index contributed by atoms with van der Waals surface area (Å²) in [4.78, 5) is 4.84. The van der Waals surface area contributed by atoms with Crippen molar-refractivity contribution in [3.63, 3.8) is 0 Å². The first-order chi connectivity index (χ1) is 8.60. The van der Waals surface area contributed by atoms with Gasteiger partial charge >= 0.3 is 0 Å². The molecule has 0 saturated carbocycles. The van der Waals surface area contributed by atoms with Crippen LogP contribution in [0.2, 0.25) is 0 Å². The smallest absolute Gasteiger partial charge is 0.105 e. The van der Waals surface area contributed by atoms with Crippen molar-refractivity contribution in [2.45, 2.75) is 25.0 Å². The minimum Gasteiger partial charge on any atom is -0.386 e. The van der Waals surface area contributed by atoms with Gasteiger partial charge < -0.3 is 20.1 Å². The molecule has 0 bridgehead atoms. The van der Waals surface area contributed by atoms with Crippen LogP contribution >= 0.6 is 0 Å². The third-order valence-corrected chi connectivity index (χ3v) is 4.29. The van der Waals surface area contributed by atoms with Crippen molar-refractivity contribution in [2.24, 2.45) is 0 Å². The Labute approximate surface area is 110 Å². The zero-order valence-electron chi connectivity index (χ0n) is 11.7. The highest BCUT2D eigenvalue weighted by atomic mass is 16.5. The van der Waals surface area contributed by atoms with Gasteiger partial charge in [-0.05, 0) is 14.0 Å². The lowest BCUT2D eigenvalue weighted by atomic mass is 9.97. The van der Waals surface area contributed by atoms with E-state index in [9.17, 15) is 5.11 Å². The molecule has 2 unspecified atom stereocenters. The fraction of sp³-hybridized carbons (Fsp3) is 1.00. The van der Waals surface area contributed by atoms with Gasteiger partial charge in [0.05, 0.1) is 6.10 Å². The average molecular weight is 257 g/mol. The summed E-state index contributed by atoms with van der Waals surface area (Å²) in [5.74, 6) is 0. The van der Waals surface area contributed by atoms with Crippen LogP contribution in [0.15, 0.2) is 0 Å². The number of aliphatic hydroxyl groups is 1. The van der Waals surface area contributed by atoms with Gasteiger partial charge in [0.1, 0.15) is 5.60 Å². The van der Waals surface area contributed by atoms with E-state index < -0.39 is 5.60 Å². The molecule has 0 aliphatic carbocycles. The highest BCUT2D eigenvalue weighted by Gasteiger charge is 2.38. The van der Waals surface area contributed by atoms with Gasteiger partial charge in [0.25, 0.3) is 0 Å². The molecule has 5 nitrogen and oxygen atoms in total. The van der Waals surface area contributed by atoms with Crippen LogP contribution in [0.3, 0.4) is 0 Å². The van der Waals surface area contributed by atoms with Crippen LogP contribution in [-0.4, -0.2) is 86.1 Å². The molecule has 2 aliphatic rings. The minimum atomic E-state index is -0.665. The lowest BCUT2D eigenvalue weighted by Crippen LogP contribution is -2.49. The van der Waals surface area contributed by atoms with Crippen LogP contribution in [0.1, 0.15) is 13.3 Å². The maximum Gasteiger partial charge on any atom is 0.105 e. The molecule has 0 aromatic rings. The van der Waals surface area contributed by atoms with Crippen LogP contribution in [0.25, 0.3) is 0 Å². The normalized spacial score (nSPS) is 35.2. The van der Waals surface area contributed by atoms with E-state index in [0.717, 1.165) is 45.7 Å². The monoisotopic (exact) mass is 257 g/mol. The van der Waals surface area contributed by atoms with Gasteiger partial charge in [0.2, 0.25) is 0 Å². The van der Waals surface area contributed by atoms with Crippen LogP contribution in [-0.2, 0) is 4.74 Å². The Kier molecular flexibility index (Phi) is 4.98. The Morgan fingerprint density at radius 2 is 2.06 bits per heavy atom. The van der Waals surface area contributed by atoms with Crippen LogP contribution < -0.4 is 5.32 Å². The Morgan fingerprint density at radius 1 is 1.33 bits per heavy atom. The van der Waals surface area contributed by atoms with Crippen molar-refractivity contribution in [1.82, 2.24) is 15.1 Å². The summed E-state index contributed by atoms with van der Waals surface area (Å²) < 4.78 is 5.42. The summed E-state index contributed by atoms with van der Waals surface area (Å²) >= 11 is 0. The maximum absolute atomic E-state index is 10.3. The van der Waals surface area contributed by atoms with Crippen molar-refractivity contribution in [3.8, 4) is 0 Å². The number of piperazine rings is 1. The van der Waals surface area contributed by atoms with E-state index >= 15 is 0 Å². The van der Waals surface area contributed by atoms with E-state index in [2.05, 4.69) is 22.2 Å². The Hall–Kier alpha value is -0.200. The lowest BCUT2D eigenvalue weighted by molar-refractivity contribution is -0.0263. The minimum absolute atomic E-state index is 0.0476. The molecule has 0 spiro atoms. The molecule has 2 atom stereocenters. The first kappa shape index (κ1) is 14.2. The highest BCUT2D eigenvalue weighted by molar-refractivity contribution is 4.91. The Balaban J connectivity index is 1.58. The molecule has 5 heteroatoms. The van der Waals surface area contributed by atoms with Gasteiger partial charge in [0, 0.05) is 58.8 Å². The summed E-state index contributed by atoms with van der Waals surface area (Å²) in [6.07, 6.45) is 0.698. The third-order valence-electron chi connectivity index (χ3n) is 4.29. The third kappa shape index (κ3) is 3.65. The number of likely N-dealkylation sites (N-methyl/N-ethyl adjacent to an activating group) is 1. The van der Waals surface area contributed by atoms with Gasteiger partial charge in [-0.1, -0.05) is 0 Å². The van der Waals surface area contributed by atoms with Crippen molar-refractivity contribution < 1.29 is 9.84 Å². The van der Waals surface area contributed by atoms with Gasteiger partial charge in [0.15, 0.2) is 0 Å². The summed E-state index contributed by atoms with van der Waals surface area (Å²) in [6, 6.07) is 0. The lowest BCUT2D eigenvalue weighted by Gasteiger charge is -2.33. The number of nitrogens with zero attached hydrogens (tertiary/aromatic N) is 2. The van der Waals surface area contributed by atoms with E-state index in [1.165, 1.54) is 0 Å². The molecule has 2 rings (SSSR count). The second-order valence-corrected chi connectivity index (χ2v) is 5.69. The largest absolute Gasteiger partial charge is 0.386 e. The molecule has 0 amide bonds. The highest BCUT2D eigenvalue weighted by Crippen LogP contribution is 2.24. The first-order valence-electron chi connectivity index (χ1n) is 7.06. The Morgan fingerprint density at radius 3 is 2.67 bits per heavy atom. The van der Waals surface area contributed by atoms with E-state index in [4.69, 9.17) is 4.74 Å². The van der Waals surface area contributed by atoms with Crippen LogP contribution in [0.4, 0.5) is 0 Å². The maximum atomic E-state index is 10.3. The predicted molar refractivity (Wildman–Crippen MR) is 71.8 cm³/mol. The van der Waals surface area contributed by atoms with Gasteiger partial charge in [-0.3, -0.25) is 4.90 Å². The zero-order chi connectivity index (χ0) is 13.0. The van der Waals surface area contributed by atoms with Gasteiger partial charge in [-0.25, -0.2) is 0 Å². The standard InChI is InChI=1S/C13H27N3O2/c1-12-13(17,3-10-18-12)11-14-4-5-16-8-6-15(2)7-9-16/h12,14,17H,3-11H2,1-2H3. The molecule has 2 fully saturated rings. The second kappa shape index (κ2) is 6.30. The summed E-state index contributed by atoms with van der Waals surface area (Å²) in [6.45, 7) is 9.92. The topological polar surface area (TPSA) is 48.0 Å². The molecule has 2 N–H and O–H groups in total. The Bertz CT molecular complexity index is 257. The predicted octanol–water partition coefficient (Wildman–Crippen LogP) is -0.637. The SMILES string of the molecule is CC1OCCC1(O)CNCCN1CCN(C)CC1. The number of hydrogen-bond acceptors (Lipinski definition) is 5. The number of ether oxygens (including phenoxy) is 1. The van der Waals surface area contributed by atoms with E-state index in [-0.39, 0.29) is 6.10 Å². The quantitative estimate of drug-likeness (QED) is 0.642. The van der Waals surface area contributed by atoms with Gasteiger partial charge in [-0.2, -0.15) is 0 Å². The number of rotatable bonds is 5. The summed E-state index contributed by atoms with van der Waals surface area (Å²) in [5.41, 5.74) is -0.665. The van der Waals surface area contributed by atoms with E-state index in [0.29, 0.717) is 13.2 Å². The van der Waals surface area contributed by atoms with Gasteiger partial charge in [-0.15, -0.1) is 0 Å². The first-order valence-corrected chi connectivity index (χ1v) is 7.06. The van der Waals surface area contributed by atoms with E-state index in [1.54, 1.807) is 0 Å².